The van der Waals surface area contributed by atoms with Gasteiger partial charge in [-0.3, -0.25) is 0 Å². The summed E-state index contributed by atoms with van der Waals surface area (Å²) in [6.07, 6.45) is 3.93. The molecule has 1 N–H and O–H groups in total. The zero-order chi connectivity index (χ0) is 13.0. The molecule has 0 bridgehead atoms. The molecule has 2 nitrogen and oxygen atoms in total. The van der Waals surface area contributed by atoms with E-state index in [0.29, 0.717) is 6.04 Å². The highest BCUT2D eigenvalue weighted by molar-refractivity contribution is 5.53. The summed E-state index contributed by atoms with van der Waals surface area (Å²) >= 11 is 0. The second kappa shape index (κ2) is 6.24. The summed E-state index contributed by atoms with van der Waals surface area (Å²) in [5.74, 6) is 0. The molecule has 2 heteroatoms. The number of nitrogens with zero attached hydrogens (tertiary/aromatic N) is 1. The van der Waals surface area contributed by atoms with Crippen LogP contribution < -0.4 is 10.2 Å². The van der Waals surface area contributed by atoms with Crippen LogP contribution in [0.25, 0.3) is 0 Å². The summed E-state index contributed by atoms with van der Waals surface area (Å²) in [7, 11) is 0. The number of hydrogen-bond donors (Lipinski definition) is 1. The summed E-state index contributed by atoms with van der Waals surface area (Å²) in [6, 6.07) is 10.2. The van der Waals surface area contributed by atoms with E-state index in [1.165, 1.54) is 30.5 Å². The Morgan fingerprint density at radius 1 is 1.22 bits per heavy atom. The smallest absolute Gasteiger partial charge is 0.0398 e. The Morgan fingerprint density at radius 2 is 2.00 bits per heavy atom. The number of hydrogen-bond acceptors (Lipinski definition) is 2. The summed E-state index contributed by atoms with van der Waals surface area (Å²) < 4.78 is 0. The van der Waals surface area contributed by atoms with Gasteiger partial charge in [-0.25, -0.2) is 0 Å². The molecule has 0 saturated heterocycles. The van der Waals surface area contributed by atoms with E-state index in [9.17, 15) is 0 Å². The van der Waals surface area contributed by atoms with Gasteiger partial charge in [0.25, 0.3) is 0 Å². The lowest BCUT2D eigenvalue weighted by atomic mass is 10.1. The molecule has 2 rings (SSSR count). The van der Waals surface area contributed by atoms with Gasteiger partial charge in [0.1, 0.15) is 0 Å². The van der Waals surface area contributed by atoms with Crippen molar-refractivity contribution in [2.75, 3.05) is 18.0 Å². The van der Waals surface area contributed by atoms with Gasteiger partial charge >= 0.3 is 0 Å². The highest BCUT2D eigenvalue weighted by Gasteiger charge is 2.28. The highest BCUT2D eigenvalue weighted by atomic mass is 15.2. The Labute approximate surface area is 111 Å². The van der Waals surface area contributed by atoms with Crippen molar-refractivity contribution in [2.45, 2.75) is 52.1 Å². The predicted molar refractivity (Wildman–Crippen MR) is 79.3 cm³/mol. The first-order chi connectivity index (χ1) is 8.76. The van der Waals surface area contributed by atoms with E-state index in [-0.39, 0.29) is 0 Å². The van der Waals surface area contributed by atoms with Crippen LogP contribution in [0.1, 0.15) is 38.7 Å². The van der Waals surface area contributed by atoms with Crippen molar-refractivity contribution in [1.29, 1.82) is 0 Å². The molecule has 1 aliphatic rings. The average molecular weight is 246 g/mol. The van der Waals surface area contributed by atoms with Crippen molar-refractivity contribution in [3.63, 3.8) is 0 Å². The van der Waals surface area contributed by atoms with Gasteiger partial charge in [0.05, 0.1) is 0 Å². The van der Waals surface area contributed by atoms with E-state index in [0.717, 1.165) is 19.1 Å². The summed E-state index contributed by atoms with van der Waals surface area (Å²) in [4.78, 5) is 2.59. The molecular formula is C16H26N2. The maximum atomic E-state index is 3.59. The first-order valence-electron chi connectivity index (χ1n) is 7.31. The Hall–Kier alpha value is -1.02. The third-order valence-corrected chi connectivity index (χ3v) is 4.10. The number of anilines is 1. The van der Waals surface area contributed by atoms with Gasteiger partial charge in [0.15, 0.2) is 0 Å². The Morgan fingerprint density at radius 3 is 2.67 bits per heavy atom. The van der Waals surface area contributed by atoms with Crippen LogP contribution in [0.3, 0.4) is 0 Å². The molecule has 1 fully saturated rings. The molecule has 0 amide bonds. The van der Waals surface area contributed by atoms with Gasteiger partial charge in [0, 0.05) is 24.3 Å². The topological polar surface area (TPSA) is 15.3 Å². The van der Waals surface area contributed by atoms with Crippen LogP contribution in [0.5, 0.6) is 0 Å². The number of aryl methyl sites for hydroxylation is 1. The fraction of sp³-hybridized carbons (Fsp3) is 0.625. The van der Waals surface area contributed by atoms with Crippen LogP contribution in [-0.4, -0.2) is 25.2 Å². The standard InChI is InChI=1S/C16H26N2/c1-4-17-14-10-11-15(12-14)18(5-2)16-9-7-6-8-13(16)3/h6-9,14-15,17H,4-5,10-12H2,1-3H3. The Bertz CT molecular complexity index is 375. The second-order valence-electron chi connectivity index (χ2n) is 5.29. The molecular weight excluding hydrogens is 220 g/mol. The van der Waals surface area contributed by atoms with Crippen molar-refractivity contribution >= 4 is 5.69 Å². The highest BCUT2D eigenvalue weighted by Crippen LogP contribution is 2.30. The summed E-state index contributed by atoms with van der Waals surface area (Å²) in [5.41, 5.74) is 2.81. The van der Waals surface area contributed by atoms with Crippen molar-refractivity contribution < 1.29 is 0 Å². The largest absolute Gasteiger partial charge is 0.369 e. The molecule has 1 aliphatic carbocycles. The molecule has 1 saturated carbocycles. The quantitative estimate of drug-likeness (QED) is 0.857. The third-order valence-electron chi connectivity index (χ3n) is 4.10. The second-order valence-corrected chi connectivity index (χ2v) is 5.29. The van der Waals surface area contributed by atoms with Crippen LogP contribution in [-0.2, 0) is 0 Å². The van der Waals surface area contributed by atoms with Gasteiger partial charge in [-0.2, -0.15) is 0 Å². The number of benzene rings is 1. The van der Waals surface area contributed by atoms with E-state index in [2.05, 4.69) is 55.3 Å². The van der Waals surface area contributed by atoms with Gasteiger partial charge in [-0.05, 0) is 51.3 Å². The number of para-hydroxylation sites is 1. The molecule has 0 radical (unpaired) electrons. The van der Waals surface area contributed by atoms with E-state index in [1.54, 1.807) is 0 Å². The van der Waals surface area contributed by atoms with Gasteiger partial charge in [0.2, 0.25) is 0 Å². The molecule has 0 spiro atoms. The van der Waals surface area contributed by atoms with Crippen LogP contribution in [0.4, 0.5) is 5.69 Å². The molecule has 1 aromatic rings. The lowest BCUT2D eigenvalue weighted by Crippen LogP contribution is -2.36. The van der Waals surface area contributed by atoms with Gasteiger partial charge < -0.3 is 10.2 Å². The maximum absolute atomic E-state index is 3.59. The average Bonchev–Trinajstić information content (AvgIpc) is 2.82. The monoisotopic (exact) mass is 246 g/mol. The molecule has 2 atom stereocenters. The molecule has 100 valence electrons. The summed E-state index contributed by atoms with van der Waals surface area (Å²) in [6.45, 7) is 8.89. The minimum Gasteiger partial charge on any atom is -0.369 e. The summed E-state index contributed by atoms with van der Waals surface area (Å²) in [5, 5.41) is 3.59. The number of rotatable bonds is 5. The Kier molecular flexibility index (Phi) is 4.65. The van der Waals surface area contributed by atoms with Crippen LogP contribution in [0.15, 0.2) is 24.3 Å². The van der Waals surface area contributed by atoms with E-state index in [1.807, 2.05) is 0 Å². The van der Waals surface area contributed by atoms with E-state index < -0.39 is 0 Å². The van der Waals surface area contributed by atoms with Crippen molar-refractivity contribution in [3.8, 4) is 0 Å². The molecule has 0 aliphatic heterocycles. The van der Waals surface area contributed by atoms with Gasteiger partial charge in [-0.1, -0.05) is 25.1 Å². The molecule has 0 aromatic heterocycles. The van der Waals surface area contributed by atoms with E-state index >= 15 is 0 Å². The SMILES string of the molecule is CCNC1CCC(N(CC)c2ccccc2C)C1. The van der Waals surface area contributed by atoms with Crippen molar-refractivity contribution in [3.05, 3.63) is 29.8 Å². The minimum absolute atomic E-state index is 0.708. The number of nitrogens with one attached hydrogen (secondary N) is 1. The first kappa shape index (κ1) is 13.4. The van der Waals surface area contributed by atoms with E-state index in [4.69, 9.17) is 0 Å². The van der Waals surface area contributed by atoms with Crippen molar-refractivity contribution in [1.82, 2.24) is 5.32 Å². The zero-order valence-corrected chi connectivity index (χ0v) is 11.9. The van der Waals surface area contributed by atoms with Gasteiger partial charge in [-0.15, -0.1) is 0 Å². The Balaban J connectivity index is 2.08. The van der Waals surface area contributed by atoms with Crippen LogP contribution >= 0.6 is 0 Å². The van der Waals surface area contributed by atoms with Crippen LogP contribution in [0.2, 0.25) is 0 Å². The normalized spacial score (nSPS) is 23.3. The van der Waals surface area contributed by atoms with Crippen molar-refractivity contribution in [2.24, 2.45) is 0 Å². The fourth-order valence-corrected chi connectivity index (χ4v) is 3.23. The predicted octanol–water partition coefficient (Wildman–Crippen LogP) is 3.35. The zero-order valence-electron chi connectivity index (χ0n) is 11.9. The van der Waals surface area contributed by atoms with Crippen LogP contribution in [0, 0.1) is 6.92 Å². The lowest BCUT2D eigenvalue weighted by molar-refractivity contribution is 0.525. The molecule has 0 heterocycles. The molecule has 2 unspecified atom stereocenters. The molecule has 1 aromatic carbocycles. The maximum Gasteiger partial charge on any atom is 0.0398 e. The minimum atomic E-state index is 0.708. The lowest BCUT2D eigenvalue weighted by Gasteiger charge is -2.31. The molecule has 18 heavy (non-hydrogen) atoms. The first-order valence-corrected chi connectivity index (χ1v) is 7.31. The fourth-order valence-electron chi connectivity index (χ4n) is 3.23. The third kappa shape index (κ3) is 2.86.